The molecule has 0 aliphatic rings. The molecule has 3 aromatic rings. The van der Waals surface area contributed by atoms with E-state index in [9.17, 15) is 4.79 Å². The van der Waals surface area contributed by atoms with Crippen LogP contribution in [0.15, 0.2) is 39.6 Å². The van der Waals surface area contributed by atoms with E-state index in [1.165, 1.54) is 6.39 Å². The van der Waals surface area contributed by atoms with Crippen molar-refractivity contribution in [1.82, 2.24) is 15.4 Å². The molecule has 0 saturated carbocycles. The van der Waals surface area contributed by atoms with Gasteiger partial charge in [0.2, 0.25) is 12.3 Å². The zero-order valence-corrected chi connectivity index (χ0v) is 11.4. The molecule has 106 valence electrons. The highest BCUT2D eigenvalue weighted by atomic mass is 16.5. The van der Waals surface area contributed by atoms with Crippen LogP contribution in [0, 0.1) is 13.8 Å². The smallest absolute Gasteiger partial charge is 0.349 e. The molecule has 0 fully saturated rings. The van der Waals surface area contributed by atoms with E-state index in [-0.39, 0.29) is 0 Å². The Balaban J connectivity index is 1.78. The van der Waals surface area contributed by atoms with Crippen LogP contribution in [0.3, 0.4) is 0 Å². The summed E-state index contributed by atoms with van der Waals surface area (Å²) in [7, 11) is 0. The van der Waals surface area contributed by atoms with Gasteiger partial charge < -0.3 is 13.7 Å². The highest BCUT2D eigenvalue weighted by Gasteiger charge is 2.19. The van der Waals surface area contributed by atoms with Gasteiger partial charge in [0.15, 0.2) is 0 Å². The highest BCUT2D eigenvalue weighted by Crippen LogP contribution is 2.22. The summed E-state index contributed by atoms with van der Waals surface area (Å²) in [4.78, 5) is 12.1. The molecule has 0 aliphatic carbocycles. The van der Waals surface area contributed by atoms with Crippen LogP contribution >= 0.6 is 0 Å². The second kappa shape index (κ2) is 5.20. The lowest BCUT2D eigenvalue weighted by Crippen LogP contribution is -2.10. The predicted octanol–water partition coefficient (Wildman–Crippen LogP) is 2.56. The Morgan fingerprint density at radius 1 is 1.19 bits per heavy atom. The van der Waals surface area contributed by atoms with Gasteiger partial charge >= 0.3 is 5.97 Å². The van der Waals surface area contributed by atoms with Crippen LogP contribution in [-0.4, -0.2) is 21.3 Å². The van der Waals surface area contributed by atoms with E-state index in [1.54, 1.807) is 38.1 Å². The van der Waals surface area contributed by atoms with E-state index in [2.05, 4.69) is 15.4 Å². The number of benzene rings is 1. The lowest BCUT2D eigenvalue weighted by Gasteiger charge is -2.04. The van der Waals surface area contributed by atoms with Crippen LogP contribution in [0.25, 0.3) is 11.5 Å². The standard InChI is InChI=1S/C14H11N3O4/c1-8-12(9(2)21-17-8)14(18)20-11-5-3-10(4-6-11)13-16-15-7-19-13/h3-7H,1-2H3. The summed E-state index contributed by atoms with van der Waals surface area (Å²) < 4.78 is 15.3. The molecule has 0 spiro atoms. The first kappa shape index (κ1) is 13.0. The molecule has 7 nitrogen and oxygen atoms in total. The van der Waals surface area contributed by atoms with E-state index in [4.69, 9.17) is 13.7 Å². The van der Waals surface area contributed by atoms with Gasteiger partial charge in [0.1, 0.15) is 17.1 Å². The van der Waals surface area contributed by atoms with E-state index in [0.717, 1.165) is 5.56 Å². The number of carbonyl (C=O) groups excluding carboxylic acids is 1. The van der Waals surface area contributed by atoms with Crippen molar-refractivity contribution in [3.63, 3.8) is 0 Å². The molecule has 0 N–H and O–H groups in total. The topological polar surface area (TPSA) is 91.2 Å². The summed E-state index contributed by atoms with van der Waals surface area (Å²) >= 11 is 0. The van der Waals surface area contributed by atoms with Crippen molar-refractivity contribution < 1.29 is 18.5 Å². The van der Waals surface area contributed by atoms with E-state index in [0.29, 0.717) is 28.7 Å². The van der Waals surface area contributed by atoms with Crippen LogP contribution in [0.5, 0.6) is 5.75 Å². The predicted molar refractivity (Wildman–Crippen MR) is 70.7 cm³/mol. The third-order valence-electron chi connectivity index (χ3n) is 2.91. The average Bonchev–Trinajstić information content (AvgIpc) is 3.10. The van der Waals surface area contributed by atoms with Crippen molar-refractivity contribution in [1.29, 1.82) is 0 Å². The molecular formula is C14H11N3O4. The van der Waals surface area contributed by atoms with Crippen molar-refractivity contribution in [2.24, 2.45) is 0 Å². The molecule has 0 saturated heterocycles. The van der Waals surface area contributed by atoms with Gasteiger partial charge in [-0.25, -0.2) is 4.79 Å². The first-order valence-electron chi connectivity index (χ1n) is 6.17. The molecule has 1 aromatic carbocycles. The molecule has 2 heterocycles. The van der Waals surface area contributed by atoms with Gasteiger partial charge in [-0.15, -0.1) is 10.2 Å². The number of rotatable bonds is 3. The fourth-order valence-electron chi connectivity index (χ4n) is 1.90. The Labute approximate surface area is 119 Å². The summed E-state index contributed by atoms with van der Waals surface area (Å²) in [6.07, 6.45) is 1.25. The summed E-state index contributed by atoms with van der Waals surface area (Å²) in [5.74, 6) is 0.735. The van der Waals surface area contributed by atoms with Gasteiger partial charge in [0, 0.05) is 5.56 Å². The second-order valence-electron chi connectivity index (χ2n) is 4.36. The van der Waals surface area contributed by atoms with Gasteiger partial charge in [-0.1, -0.05) is 5.16 Å². The maximum Gasteiger partial charge on any atom is 0.349 e. The fourth-order valence-corrected chi connectivity index (χ4v) is 1.90. The fraction of sp³-hybridized carbons (Fsp3) is 0.143. The van der Waals surface area contributed by atoms with Gasteiger partial charge in [0.05, 0.1) is 5.69 Å². The summed E-state index contributed by atoms with van der Waals surface area (Å²) in [5, 5.41) is 11.1. The number of nitrogens with zero attached hydrogens (tertiary/aromatic N) is 3. The Hall–Kier alpha value is -2.96. The molecule has 0 bridgehead atoms. The zero-order valence-electron chi connectivity index (χ0n) is 11.4. The first-order valence-corrected chi connectivity index (χ1v) is 6.17. The normalized spacial score (nSPS) is 10.6. The molecule has 2 aromatic heterocycles. The third kappa shape index (κ3) is 2.53. The number of carbonyl (C=O) groups is 1. The van der Waals surface area contributed by atoms with Crippen LogP contribution in [0.4, 0.5) is 0 Å². The zero-order chi connectivity index (χ0) is 14.8. The minimum atomic E-state index is -0.503. The molecular weight excluding hydrogens is 274 g/mol. The lowest BCUT2D eigenvalue weighted by atomic mass is 10.2. The molecule has 0 aliphatic heterocycles. The third-order valence-corrected chi connectivity index (χ3v) is 2.91. The largest absolute Gasteiger partial charge is 0.423 e. The van der Waals surface area contributed by atoms with Crippen LogP contribution in [-0.2, 0) is 0 Å². The quantitative estimate of drug-likeness (QED) is 0.539. The Morgan fingerprint density at radius 3 is 2.52 bits per heavy atom. The minimum absolute atomic E-state index is 0.343. The summed E-state index contributed by atoms with van der Waals surface area (Å²) in [6, 6.07) is 6.75. The van der Waals surface area contributed by atoms with Crippen molar-refractivity contribution in [3.8, 4) is 17.2 Å². The van der Waals surface area contributed by atoms with Gasteiger partial charge in [0.25, 0.3) is 0 Å². The van der Waals surface area contributed by atoms with E-state index >= 15 is 0 Å². The summed E-state index contributed by atoms with van der Waals surface area (Å²) in [5.41, 5.74) is 1.58. The first-order chi connectivity index (χ1) is 10.1. The van der Waals surface area contributed by atoms with Crippen molar-refractivity contribution in [3.05, 3.63) is 47.7 Å². The Morgan fingerprint density at radius 2 is 1.95 bits per heavy atom. The van der Waals surface area contributed by atoms with Crippen molar-refractivity contribution >= 4 is 5.97 Å². The Kier molecular flexibility index (Phi) is 3.23. The monoisotopic (exact) mass is 285 g/mol. The highest BCUT2D eigenvalue weighted by molar-refractivity contribution is 5.93. The molecule has 0 radical (unpaired) electrons. The molecule has 3 rings (SSSR count). The molecule has 0 amide bonds. The van der Waals surface area contributed by atoms with Crippen molar-refractivity contribution in [2.45, 2.75) is 13.8 Å². The van der Waals surface area contributed by atoms with Gasteiger partial charge in [-0.3, -0.25) is 0 Å². The van der Waals surface area contributed by atoms with Crippen LogP contribution in [0.1, 0.15) is 21.8 Å². The lowest BCUT2D eigenvalue weighted by molar-refractivity contribution is 0.0732. The summed E-state index contributed by atoms with van der Waals surface area (Å²) in [6.45, 7) is 3.35. The molecule has 0 unspecified atom stereocenters. The van der Waals surface area contributed by atoms with Crippen molar-refractivity contribution in [2.75, 3.05) is 0 Å². The van der Waals surface area contributed by atoms with E-state index in [1.807, 2.05) is 0 Å². The average molecular weight is 285 g/mol. The number of hydrogen-bond donors (Lipinski definition) is 0. The van der Waals surface area contributed by atoms with E-state index < -0.39 is 5.97 Å². The molecule has 7 heteroatoms. The minimum Gasteiger partial charge on any atom is -0.423 e. The maximum atomic E-state index is 12.1. The number of aryl methyl sites for hydroxylation is 2. The number of ether oxygens (including phenoxy) is 1. The molecule has 0 atom stereocenters. The van der Waals surface area contributed by atoms with Crippen LogP contribution < -0.4 is 4.74 Å². The van der Waals surface area contributed by atoms with Gasteiger partial charge in [-0.05, 0) is 38.1 Å². The Bertz CT molecular complexity index is 741. The SMILES string of the molecule is Cc1noc(C)c1C(=O)Oc1ccc(-c2nnco2)cc1. The van der Waals surface area contributed by atoms with Crippen LogP contribution in [0.2, 0.25) is 0 Å². The van der Waals surface area contributed by atoms with Gasteiger partial charge in [-0.2, -0.15) is 0 Å². The second-order valence-corrected chi connectivity index (χ2v) is 4.36. The number of esters is 1. The molecule has 21 heavy (non-hydrogen) atoms. The number of hydrogen-bond acceptors (Lipinski definition) is 7. The maximum absolute atomic E-state index is 12.1. The number of aromatic nitrogens is 3.